The predicted molar refractivity (Wildman–Crippen MR) is 160 cm³/mol. The Kier molecular flexibility index (Phi) is 9.20. The lowest BCUT2D eigenvalue weighted by Crippen LogP contribution is -2.44. The Morgan fingerprint density at radius 1 is 1.04 bits per heavy atom. The molecule has 2 aromatic heterocycles. The van der Waals surface area contributed by atoms with Gasteiger partial charge in [0.1, 0.15) is 16.3 Å². The summed E-state index contributed by atoms with van der Waals surface area (Å²) in [5.41, 5.74) is 3.53. The lowest BCUT2D eigenvalue weighted by Gasteiger charge is -2.35. The summed E-state index contributed by atoms with van der Waals surface area (Å²) in [5.74, 6) is -1.15. The third-order valence-corrected chi connectivity index (χ3v) is 10.7. The van der Waals surface area contributed by atoms with Gasteiger partial charge in [-0.3, -0.25) is 9.59 Å². The maximum absolute atomic E-state index is 13.1. The van der Waals surface area contributed by atoms with Crippen LogP contribution in [0.2, 0.25) is 0 Å². The Morgan fingerprint density at radius 2 is 1.73 bits per heavy atom. The molecule has 5 rings (SSSR count). The highest BCUT2D eigenvalue weighted by atomic mass is 32.2. The van der Waals surface area contributed by atoms with Gasteiger partial charge < -0.3 is 21.5 Å². The molecule has 0 atom stereocenters. The van der Waals surface area contributed by atoms with Crippen LogP contribution in [0.1, 0.15) is 62.1 Å². The molecule has 2 saturated carbocycles. The summed E-state index contributed by atoms with van der Waals surface area (Å²) in [5, 5.41) is 17.6. The highest BCUT2D eigenvalue weighted by Gasteiger charge is 2.40. The van der Waals surface area contributed by atoms with Crippen LogP contribution in [0.25, 0.3) is 10.4 Å². The number of benzene rings is 1. The number of halogens is 3. The highest BCUT2D eigenvalue weighted by Crippen LogP contribution is 2.43. The maximum atomic E-state index is 13.1. The molecule has 0 saturated heterocycles. The summed E-state index contributed by atoms with van der Waals surface area (Å²) in [7, 11) is -3.72. The fourth-order valence-corrected chi connectivity index (χ4v) is 7.50. The average molecular weight is 667 g/mol. The van der Waals surface area contributed by atoms with E-state index in [9.17, 15) is 36.3 Å². The van der Waals surface area contributed by atoms with Crippen molar-refractivity contribution < 1.29 is 36.3 Å². The zero-order valence-corrected chi connectivity index (χ0v) is 25.9. The van der Waals surface area contributed by atoms with Crippen molar-refractivity contribution in [2.75, 3.05) is 11.6 Å². The largest absolute Gasteiger partial charge is 0.433 e. The molecule has 0 spiro atoms. The molecule has 2 amide bonds. The number of amides is 2. The van der Waals surface area contributed by atoms with Crippen LogP contribution in [-0.4, -0.2) is 52.6 Å². The van der Waals surface area contributed by atoms with E-state index in [4.69, 9.17) is 5.73 Å². The van der Waals surface area contributed by atoms with Gasteiger partial charge in [-0.1, -0.05) is 0 Å². The first-order valence-corrected chi connectivity index (χ1v) is 17.1. The third kappa shape index (κ3) is 7.79. The number of thiazole rings is 1. The number of carbonyl (C=O) groups is 2. The van der Waals surface area contributed by atoms with Crippen LogP contribution in [0, 0.1) is 11.8 Å². The topological polar surface area (TPSA) is 177 Å². The summed E-state index contributed by atoms with van der Waals surface area (Å²) in [4.78, 5) is 36.5. The minimum absolute atomic E-state index is 0.00217. The summed E-state index contributed by atoms with van der Waals surface area (Å²) >= 11 is 1.17. The Balaban J connectivity index is 1.28. The normalized spacial score (nSPS) is 24.2. The lowest BCUT2D eigenvalue weighted by atomic mass is 9.78. The number of anilines is 2. The Labute approximate surface area is 261 Å². The van der Waals surface area contributed by atoms with Crippen molar-refractivity contribution in [1.29, 1.82) is 0 Å². The van der Waals surface area contributed by atoms with Crippen molar-refractivity contribution >= 4 is 44.6 Å². The second-order valence-corrected chi connectivity index (χ2v) is 14.7. The van der Waals surface area contributed by atoms with Crippen molar-refractivity contribution in [2.24, 2.45) is 17.6 Å². The molecule has 0 aliphatic heterocycles. The number of nitrogens with two attached hydrogens (primary N) is 1. The van der Waals surface area contributed by atoms with Crippen molar-refractivity contribution in [1.82, 2.24) is 20.3 Å². The lowest BCUT2D eigenvalue weighted by molar-refractivity contribution is -0.141. The second-order valence-electron chi connectivity index (χ2n) is 11.7. The molecule has 2 aliphatic rings. The Bertz CT molecular complexity index is 1680. The summed E-state index contributed by atoms with van der Waals surface area (Å²) in [6.07, 6.45) is 2.98. The summed E-state index contributed by atoms with van der Waals surface area (Å²) < 4.78 is 64.3. The number of aromatic nitrogens is 3. The van der Waals surface area contributed by atoms with Crippen LogP contribution in [0.5, 0.6) is 0 Å². The van der Waals surface area contributed by atoms with Gasteiger partial charge in [-0.25, -0.2) is 23.4 Å². The predicted octanol–water partition coefficient (Wildman–Crippen LogP) is 4.30. The number of hydrogen-bond acceptors (Lipinski definition) is 10. The molecule has 0 unspecified atom stereocenters. The minimum atomic E-state index is -4.69. The molecule has 2 aliphatic carbocycles. The molecule has 2 heterocycles. The second kappa shape index (κ2) is 12.6. The molecule has 0 bridgehead atoms. The Morgan fingerprint density at radius 3 is 2.36 bits per heavy atom. The van der Waals surface area contributed by atoms with E-state index in [0.717, 1.165) is 18.5 Å². The van der Waals surface area contributed by atoms with Crippen molar-refractivity contribution in [3.8, 4) is 10.4 Å². The number of hydrogen-bond donors (Lipinski definition) is 4. The van der Waals surface area contributed by atoms with Gasteiger partial charge in [0.15, 0.2) is 9.84 Å². The number of nitrogens with one attached hydrogen (secondary N) is 2. The number of carbonyl (C=O) groups excluding carboxylic acids is 2. The SMILES string of the molecule is CS(=O)(=O)c1cc(Nc2nccc(C(F)(F)F)n2)cc(-c2cnc(C3(O)CCC(C(=O)NC4CCC(C(N)=O)CC4)CC3)s2)c1. The zero-order chi connectivity index (χ0) is 32.6. The molecular formula is C29H33F3N6O5S2. The molecule has 1 aromatic carbocycles. The Hall–Kier alpha value is -3.63. The van der Waals surface area contributed by atoms with Crippen molar-refractivity contribution in [3.05, 3.63) is 47.4 Å². The number of rotatable bonds is 8. The van der Waals surface area contributed by atoms with E-state index < -0.39 is 27.3 Å². The van der Waals surface area contributed by atoms with Crippen LogP contribution in [0.3, 0.4) is 0 Å². The van der Waals surface area contributed by atoms with E-state index in [0.29, 0.717) is 66.8 Å². The van der Waals surface area contributed by atoms with Crippen LogP contribution < -0.4 is 16.4 Å². The summed E-state index contributed by atoms with van der Waals surface area (Å²) in [6.45, 7) is 0. The molecule has 3 aromatic rings. The fraction of sp³-hybridized carbons (Fsp3) is 0.483. The van der Waals surface area contributed by atoms with Crippen LogP contribution in [0.15, 0.2) is 41.6 Å². The standard InChI is InChI=1S/C29H33F3N6O5S2/c1-45(42,43)21-13-18(12-20(14-21)37-27-34-11-8-23(38-27)29(30,31)32)22-15-35-26(44-22)28(41)9-6-17(7-10-28)25(40)36-19-4-2-16(3-5-19)24(33)39/h8,11-17,19,41H,2-7,9-10H2,1H3,(H2,33,39)(H,36,40)(H,34,37,38). The van der Waals surface area contributed by atoms with Crippen molar-refractivity contribution in [2.45, 2.75) is 74.1 Å². The molecule has 2 fully saturated rings. The quantitative estimate of drug-likeness (QED) is 0.273. The van der Waals surface area contributed by atoms with Gasteiger partial charge >= 0.3 is 6.18 Å². The van der Waals surface area contributed by atoms with E-state index in [1.165, 1.54) is 35.7 Å². The van der Waals surface area contributed by atoms with Crippen LogP contribution in [-0.2, 0) is 31.2 Å². The van der Waals surface area contributed by atoms with E-state index >= 15 is 0 Å². The summed E-state index contributed by atoms with van der Waals surface area (Å²) in [6, 6.07) is 4.96. The van der Waals surface area contributed by atoms with E-state index in [2.05, 4.69) is 25.6 Å². The molecule has 5 N–H and O–H groups in total. The van der Waals surface area contributed by atoms with Crippen molar-refractivity contribution in [3.63, 3.8) is 0 Å². The number of alkyl halides is 3. The monoisotopic (exact) mass is 666 g/mol. The molecule has 45 heavy (non-hydrogen) atoms. The maximum Gasteiger partial charge on any atom is 0.433 e. The number of sulfone groups is 1. The van der Waals surface area contributed by atoms with E-state index in [1.54, 1.807) is 0 Å². The van der Waals surface area contributed by atoms with Gasteiger partial charge in [-0.05, 0) is 81.2 Å². The fourth-order valence-electron chi connectivity index (χ4n) is 5.77. The molecule has 16 heteroatoms. The number of aliphatic hydroxyl groups is 1. The molecule has 242 valence electrons. The highest BCUT2D eigenvalue weighted by molar-refractivity contribution is 7.90. The van der Waals surface area contributed by atoms with Gasteiger partial charge in [0.25, 0.3) is 0 Å². The molecular weight excluding hydrogens is 633 g/mol. The number of nitrogens with zero attached hydrogens (tertiary/aromatic N) is 3. The van der Waals surface area contributed by atoms with E-state index in [-0.39, 0.29) is 46.2 Å². The zero-order valence-electron chi connectivity index (χ0n) is 24.3. The average Bonchev–Trinajstić information content (AvgIpc) is 3.49. The van der Waals surface area contributed by atoms with Gasteiger partial charge in [0.2, 0.25) is 17.8 Å². The minimum Gasteiger partial charge on any atom is -0.383 e. The van der Waals surface area contributed by atoms with Crippen LogP contribution in [0.4, 0.5) is 24.8 Å². The molecule has 0 radical (unpaired) electrons. The third-order valence-electron chi connectivity index (χ3n) is 8.38. The van der Waals surface area contributed by atoms with E-state index in [1.807, 2.05) is 0 Å². The molecule has 11 nitrogen and oxygen atoms in total. The number of primary amides is 1. The first-order chi connectivity index (χ1) is 21.1. The first-order valence-electron chi connectivity index (χ1n) is 14.4. The van der Waals surface area contributed by atoms with Gasteiger partial charge in [0, 0.05) is 42.2 Å². The first kappa shape index (κ1) is 32.8. The van der Waals surface area contributed by atoms with Gasteiger partial charge in [-0.15, -0.1) is 11.3 Å². The van der Waals surface area contributed by atoms with Gasteiger partial charge in [-0.2, -0.15) is 13.2 Å². The smallest absolute Gasteiger partial charge is 0.383 e. The van der Waals surface area contributed by atoms with Crippen LogP contribution >= 0.6 is 11.3 Å². The van der Waals surface area contributed by atoms with Gasteiger partial charge in [0.05, 0.1) is 9.77 Å².